The summed E-state index contributed by atoms with van der Waals surface area (Å²) in [7, 11) is 0. The number of phenolic OH excluding ortho intramolecular Hbond substituents is 1. The smallest absolute Gasteiger partial charge is 0.161 e. The van der Waals surface area contributed by atoms with Crippen LogP contribution in [0.15, 0.2) is 41.3 Å². The number of aromatic hydroxyl groups is 1. The molecule has 0 saturated carbocycles. The van der Waals surface area contributed by atoms with E-state index in [1.165, 1.54) is 0 Å². The van der Waals surface area contributed by atoms with Crippen LogP contribution in [-0.2, 0) is 5.75 Å². The minimum Gasteiger partial charge on any atom is -0.504 e. The van der Waals surface area contributed by atoms with Crippen LogP contribution in [0.25, 0.3) is 0 Å². The lowest BCUT2D eigenvalue weighted by atomic mass is 10.1. The second-order valence-corrected chi connectivity index (χ2v) is 5.81. The number of ether oxygens (including phenoxy) is 1. The zero-order chi connectivity index (χ0) is 15.2. The van der Waals surface area contributed by atoms with Crippen molar-refractivity contribution in [2.24, 2.45) is 0 Å². The number of rotatable bonds is 6. The maximum absolute atomic E-state index is 11.0. The van der Waals surface area contributed by atoms with E-state index in [1.807, 2.05) is 31.2 Å². The first kappa shape index (κ1) is 15.7. The fourth-order valence-corrected chi connectivity index (χ4v) is 2.82. The second kappa shape index (κ2) is 7.38. The molecular formula is C16H15ClO3S. The molecule has 0 aliphatic carbocycles. The summed E-state index contributed by atoms with van der Waals surface area (Å²) < 4.78 is 5.35. The highest BCUT2D eigenvalue weighted by atomic mass is 35.5. The Balaban J connectivity index is 2.20. The summed E-state index contributed by atoms with van der Waals surface area (Å²) in [5.41, 5.74) is 1.16. The molecule has 0 aliphatic rings. The molecule has 0 radical (unpaired) electrons. The minimum atomic E-state index is 0.0870. The van der Waals surface area contributed by atoms with Crippen molar-refractivity contribution in [3.05, 3.63) is 52.5 Å². The molecule has 0 atom stereocenters. The van der Waals surface area contributed by atoms with Crippen molar-refractivity contribution in [1.29, 1.82) is 0 Å². The summed E-state index contributed by atoms with van der Waals surface area (Å²) in [5, 5.41) is 10.9. The van der Waals surface area contributed by atoms with Crippen LogP contribution in [0.3, 0.4) is 0 Å². The number of hydrogen-bond donors (Lipinski definition) is 1. The average molecular weight is 323 g/mol. The molecule has 2 rings (SSSR count). The molecule has 0 heterocycles. The molecule has 3 nitrogen and oxygen atoms in total. The number of hydrogen-bond acceptors (Lipinski definition) is 4. The SMILES string of the molecule is CCOc1cc(C=O)cc(CSc2ccc(Cl)cc2)c1O. The van der Waals surface area contributed by atoms with Crippen LogP contribution >= 0.6 is 23.4 Å². The summed E-state index contributed by atoms with van der Waals surface area (Å²) >= 11 is 7.40. The summed E-state index contributed by atoms with van der Waals surface area (Å²) in [5.74, 6) is 0.965. The fraction of sp³-hybridized carbons (Fsp3) is 0.188. The molecular weight excluding hydrogens is 308 g/mol. The number of phenols is 1. The van der Waals surface area contributed by atoms with E-state index in [9.17, 15) is 9.90 Å². The maximum atomic E-state index is 11.0. The van der Waals surface area contributed by atoms with Crippen LogP contribution < -0.4 is 4.74 Å². The predicted octanol–water partition coefficient (Wildman–Crippen LogP) is 4.55. The summed E-state index contributed by atoms with van der Waals surface area (Å²) in [6.07, 6.45) is 0.748. The van der Waals surface area contributed by atoms with Gasteiger partial charge in [0.25, 0.3) is 0 Å². The molecule has 0 spiro atoms. The molecule has 0 aromatic heterocycles. The Morgan fingerprint density at radius 3 is 2.62 bits per heavy atom. The Hall–Kier alpha value is -1.65. The van der Waals surface area contributed by atoms with Crippen molar-refractivity contribution in [3.63, 3.8) is 0 Å². The van der Waals surface area contributed by atoms with Gasteiger partial charge in [-0.3, -0.25) is 4.79 Å². The molecule has 0 fully saturated rings. The normalized spacial score (nSPS) is 10.4. The predicted molar refractivity (Wildman–Crippen MR) is 85.7 cm³/mol. The Morgan fingerprint density at radius 1 is 1.29 bits per heavy atom. The average Bonchev–Trinajstić information content (AvgIpc) is 2.50. The zero-order valence-corrected chi connectivity index (χ0v) is 13.1. The van der Waals surface area contributed by atoms with Gasteiger partial charge in [-0.15, -0.1) is 11.8 Å². The zero-order valence-electron chi connectivity index (χ0n) is 11.5. The van der Waals surface area contributed by atoms with Gasteiger partial charge in [-0.05, 0) is 43.3 Å². The minimum absolute atomic E-state index is 0.0870. The van der Waals surface area contributed by atoms with Crippen molar-refractivity contribution in [1.82, 2.24) is 0 Å². The molecule has 5 heteroatoms. The summed E-state index contributed by atoms with van der Waals surface area (Å²) in [4.78, 5) is 12.0. The topological polar surface area (TPSA) is 46.5 Å². The van der Waals surface area contributed by atoms with Crippen molar-refractivity contribution in [3.8, 4) is 11.5 Å². The van der Waals surface area contributed by atoms with Gasteiger partial charge in [0.05, 0.1) is 6.61 Å². The van der Waals surface area contributed by atoms with E-state index < -0.39 is 0 Å². The second-order valence-electron chi connectivity index (χ2n) is 4.32. The molecule has 2 aromatic carbocycles. The fourth-order valence-electron chi connectivity index (χ4n) is 1.82. The Bertz CT molecular complexity index is 626. The molecule has 1 N–H and O–H groups in total. The number of thioether (sulfide) groups is 1. The summed E-state index contributed by atoms with van der Waals surface area (Å²) in [6, 6.07) is 10.7. The monoisotopic (exact) mass is 322 g/mol. The van der Waals surface area contributed by atoms with E-state index in [0.717, 1.165) is 11.2 Å². The molecule has 0 saturated heterocycles. The molecule has 2 aromatic rings. The highest BCUT2D eigenvalue weighted by Crippen LogP contribution is 2.35. The van der Waals surface area contributed by atoms with Gasteiger partial charge in [-0.2, -0.15) is 0 Å². The Labute approximate surface area is 132 Å². The lowest BCUT2D eigenvalue weighted by molar-refractivity contribution is 0.112. The maximum Gasteiger partial charge on any atom is 0.161 e. The highest BCUT2D eigenvalue weighted by molar-refractivity contribution is 7.98. The van der Waals surface area contributed by atoms with E-state index in [4.69, 9.17) is 16.3 Å². The van der Waals surface area contributed by atoms with Crippen molar-refractivity contribution in [2.45, 2.75) is 17.6 Å². The molecule has 110 valence electrons. The van der Waals surface area contributed by atoms with Gasteiger partial charge in [0, 0.05) is 26.8 Å². The largest absolute Gasteiger partial charge is 0.504 e. The van der Waals surface area contributed by atoms with E-state index in [0.29, 0.717) is 34.3 Å². The van der Waals surface area contributed by atoms with Gasteiger partial charge in [-0.25, -0.2) is 0 Å². The van der Waals surface area contributed by atoms with Crippen molar-refractivity contribution < 1.29 is 14.6 Å². The van der Waals surface area contributed by atoms with Crippen LogP contribution in [0.4, 0.5) is 0 Å². The van der Waals surface area contributed by atoms with E-state index >= 15 is 0 Å². The number of carbonyl (C=O) groups is 1. The molecule has 21 heavy (non-hydrogen) atoms. The quantitative estimate of drug-likeness (QED) is 0.626. The van der Waals surface area contributed by atoms with Gasteiger partial charge < -0.3 is 9.84 Å². The van der Waals surface area contributed by atoms with E-state index in [-0.39, 0.29) is 5.75 Å². The van der Waals surface area contributed by atoms with Crippen LogP contribution in [0, 0.1) is 0 Å². The highest BCUT2D eigenvalue weighted by Gasteiger charge is 2.11. The van der Waals surface area contributed by atoms with Gasteiger partial charge in [-0.1, -0.05) is 11.6 Å². The number of halogens is 1. The molecule has 0 amide bonds. The van der Waals surface area contributed by atoms with Gasteiger partial charge >= 0.3 is 0 Å². The molecule has 0 aliphatic heterocycles. The van der Waals surface area contributed by atoms with Crippen LogP contribution in [-0.4, -0.2) is 18.0 Å². The lowest BCUT2D eigenvalue weighted by Crippen LogP contribution is -1.96. The number of carbonyl (C=O) groups excluding carboxylic acids is 1. The van der Waals surface area contributed by atoms with E-state index in [2.05, 4.69) is 0 Å². The first-order valence-corrected chi connectivity index (χ1v) is 7.82. The lowest BCUT2D eigenvalue weighted by Gasteiger charge is -2.11. The van der Waals surface area contributed by atoms with Gasteiger partial charge in [0.1, 0.15) is 6.29 Å². The third-order valence-corrected chi connectivity index (χ3v) is 4.13. The van der Waals surface area contributed by atoms with Crippen molar-refractivity contribution in [2.75, 3.05) is 6.61 Å². The standard InChI is InChI=1S/C16H15ClO3S/c1-2-20-15-8-11(9-18)7-12(16(15)19)10-21-14-5-3-13(17)4-6-14/h3-9,19H,2,10H2,1H3. The van der Waals surface area contributed by atoms with Crippen LogP contribution in [0.5, 0.6) is 11.5 Å². The van der Waals surface area contributed by atoms with Crippen LogP contribution in [0.2, 0.25) is 5.02 Å². The van der Waals surface area contributed by atoms with E-state index in [1.54, 1.807) is 23.9 Å². The molecule has 0 unspecified atom stereocenters. The Morgan fingerprint density at radius 2 is 2.00 bits per heavy atom. The number of benzene rings is 2. The van der Waals surface area contributed by atoms with Crippen LogP contribution in [0.1, 0.15) is 22.8 Å². The first-order chi connectivity index (χ1) is 10.1. The third-order valence-electron chi connectivity index (χ3n) is 2.82. The third kappa shape index (κ3) is 4.16. The Kier molecular flexibility index (Phi) is 5.53. The first-order valence-electron chi connectivity index (χ1n) is 6.46. The van der Waals surface area contributed by atoms with Crippen molar-refractivity contribution >= 4 is 29.6 Å². The van der Waals surface area contributed by atoms with Gasteiger partial charge in [0.15, 0.2) is 11.5 Å². The summed E-state index contributed by atoms with van der Waals surface area (Å²) in [6.45, 7) is 2.26. The molecule has 0 bridgehead atoms. The van der Waals surface area contributed by atoms with Gasteiger partial charge in [0.2, 0.25) is 0 Å². The number of aldehydes is 1.